The number of hydrogen-bond acceptors (Lipinski definition) is 2. The van der Waals surface area contributed by atoms with Crippen LogP contribution >= 0.6 is 0 Å². The van der Waals surface area contributed by atoms with E-state index < -0.39 is 0 Å². The highest BCUT2D eigenvalue weighted by Crippen LogP contribution is 2.17. The molecule has 1 aromatic rings. The minimum Gasteiger partial charge on any atom is -0.368 e. The van der Waals surface area contributed by atoms with Crippen LogP contribution in [0.4, 0.5) is 5.82 Å². The Hall–Kier alpha value is -1.25. The molecule has 0 aliphatic heterocycles. The monoisotopic (exact) mass is 177 g/mol. The first-order chi connectivity index (χ1) is 6.34. The zero-order valence-electron chi connectivity index (χ0n) is 7.90. The first-order valence-electron chi connectivity index (χ1n) is 4.73. The fourth-order valence-electron chi connectivity index (χ4n) is 1.60. The molecule has 1 heterocycles. The van der Waals surface area contributed by atoms with Crippen LogP contribution in [0, 0.1) is 5.92 Å². The molecule has 1 N–H and O–H groups in total. The first kappa shape index (κ1) is 8.35. The number of aryl methyl sites for hydroxylation is 1. The summed E-state index contributed by atoms with van der Waals surface area (Å²) in [6.45, 7) is 1.03. The fourth-order valence-corrected chi connectivity index (χ4v) is 1.60. The Bertz CT molecular complexity index is 293. The molecule has 13 heavy (non-hydrogen) atoms. The van der Waals surface area contributed by atoms with Crippen molar-refractivity contribution in [3.05, 3.63) is 24.4 Å². The van der Waals surface area contributed by atoms with Gasteiger partial charge in [0.25, 0.3) is 0 Å². The molecule has 1 aliphatic rings. The highest BCUT2D eigenvalue weighted by atomic mass is 15.3. The average Bonchev–Trinajstić information content (AvgIpc) is 2.71. The number of nitrogens with zero attached hydrogens (tertiary/aromatic N) is 2. The van der Waals surface area contributed by atoms with E-state index in [1.54, 1.807) is 0 Å². The summed E-state index contributed by atoms with van der Waals surface area (Å²) in [4.78, 5) is 0. The van der Waals surface area contributed by atoms with Gasteiger partial charge in [0.1, 0.15) is 5.82 Å². The highest BCUT2D eigenvalue weighted by Gasteiger charge is 2.09. The molecule has 3 heteroatoms. The molecule has 0 amide bonds. The van der Waals surface area contributed by atoms with E-state index in [2.05, 4.69) is 22.6 Å². The van der Waals surface area contributed by atoms with Gasteiger partial charge in [-0.15, -0.1) is 0 Å². The molecule has 0 radical (unpaired) electrons. The second-order valence-corrected chi connectivity index (χ2v) is 3.56. The number of aromatic nitrogens is 2. The second kappa shape index (κ2) is 3.64. The third kappa shape index (κ3) is 2.11. The summed E-state index contributed by atoms with van der Waals surface area (Å²) in [5, 5.41) is 7.59. The van der Waals surface area contributed by atoms with Crippen LogP contribution in [0.15, 0.2) is 24.4 Å². The molecule has 0 bridgehead atoms. The van der Waals surface area contributed by atoms with Crippen LogP contribution in [-0.4, -0.2) is 16.3 Å². The summed E-state index contributed by atoms with van der Waals surface area (Å²) < 4.78 is 1.81. The Kier molecular flexibility index (Phi) is 2.34. The zero-order chi connectivity index (χ0) is 9.10. The molecule has 1 aliphatic carbocycles. The molecule has 0 fully saturated rings. The number of allylic oxidation sites excluding steroid dienone is 2. The summed E-state index contributed by atoms with van der Waals surface area (Å²) >= 11 is 0. The lowest BCUT2D eigenvalue weighted by Gasteiger charge is -2.09. The highest BCUT2D eigenvalue weighted by molar-refractivity contribution is 5.32. The molecule has 0 spiro atoms. The summed E-state index contributed by atoms with van der Waals surface area (Å²) in [5.74, 6) is 1.75. The third-order valence-corrected chi connectivity index (χ3v) is 2.39. The van der Waals surface area contributed by atoms with Gasteiger partial charge in [0, 0.05) is 25.9 Å². The average molecular weight is 177 g/mol. The van der Waals surface area contributed by atoms with Gasteiger partial charge < -0.3 is 5.32 Å². The number of rotatable bonds is 3. The maximum absolute atomic E-state index is 4.26. The number of anilines is 1. The minimum absolute atomic E-state index is 0.766. The first-order valence-corrected chi connectivity index (χ1v) is 4.73. The molecular formula is C10H15N3. The standard InChI is InChI=1S/C10H15N3/c1-13-7-6-10(12-13)11-8-9-4-2-3-5-9/h2-3,6-7,9H,4-5,8H2,1H3,(H,11,12). The Morgan fingerprint density at radius 3 is 2.92 bits per heavy atom. The van der Waals surface area contributed by atoms with Crippen molar-refractivity contribution in [2.45, 2.75) is 12.8 Å². The smallest absolute Gasteiger partial charge is 0.147 e. The van der Waals surface area contributed by atoms with Gasteiger partial charge in [-0.05, 0) is 18.8 Å². The van der Waals surface area contributed by atoms with Crippen molar-refractivity contribution in [1.82, 2.24) is 9.78 Å². The largest absolute Gasteiger partial charge is 0.368 e. The van der Waals surface area contributed by atoms with Crippen LogP contribution in [0.2, 0.25) is 0 Å². The molecular weight excluding hydrogens is 162 g/mol. The SMILES string of the molecule is Cn1ccc(NCC2CC=CC2)n1. The molecule has 70 valence electrons. The van der Waals surface area contributed by atoms with Crippen molar-refractivity contribution in [3.8, 4) is 0 Å². The summed E-state index contributed by atoms with van der Waals surface area (Å²) in [7, 11) is 1.93. The fraction of sp³-hybridized carbons (Fsp3) is 0.500. The van der Waals surface area contributed by atoms with E-state index in [1.807, 2.05) is 24.0 Å². The second-order valence-electron chi connectivity index (χ2n) is 3.56. The van der Waals surface area contributed by atoms with Gasteiger partial charge in [0.05, 0.1) is 0 Å². The third-order valence-electron chi connectivity index (χ3n) is 2.39. The van der Waals surface area contributed by atoms with Crippen LogP contribution in [0.5, 0.6) is 0 Å². The molecule has 3 nitrogen and oxygen atoms in total. The molecule has 0 unspecified atom stereocenters. The zero-order valence-corrected chi connectivity index (χ0v) is 7.90. The van der Waals surface area contributed by atoms with Crippen molar-refractivity contribution >= 4 is 5.82 Å². The minimum atomic E-state index is 0.766. The van der Waals surface area contributed by atoms with Gasteiger partial charge in [-0.1, -0.05) is 12.2 Å². The lowest BCUT2D eigenvalue weighted by molar-refractivity contribution is 0.600. The molecule has 2 rings (SSSR count). The maximum atomic E-state index is 4.26. The van der Waals surface area contributed by atoms with E-state index in [-0.39, 0.29) is 0 Å². The van der Waals surface area contributed by atoms with Crippen LogP contribution in [-0.2, 0) is 7.05 Å². The topological polar surface area (TPSA) is 29.9 Å². The molecule has 0 aromatic carbocycles. The molecule has 0 atom stereocenters. The predicted molar refractivity (Wildman–Crippen MR) is 53.6 cm³/mol. The van der Waals surface area contributed by atoms with Gasteiger partial charge in [0.2, 0.25) is 0 Å². The Labute approximate surface area is 78.4 Å². The lowest BCUT2D eigenvalue weighted by atomic mass is 10.1. The van der Waals surface area contributed by atoms with Gasteiger partial charge >= 0.3 is 0 Å². The van der Waals surface area contributed by atoms with Gasteiger partial charge in [-0.25, -0.2) is 0 Å². The van der Waals surface area contributed by atoms with Crippen LogP contribution in [0.25, 0.3) is 0 Å². The summed E-state index contributed by atoms with van der Waals surface area (Å²) in [6.07, 6.45) is 8.88. The van der Waals surface area contributed by atoms with E-state index in [0.29, 0.717) is 0 Å². The van der Waals surface area contributed by atoms with E-state index in [4.69, 9.17) is 0 Å². The van der Waals surface area contributed by atoms with Crippen molar-refractivity contribution in [2.75, 3.05) is 11.9 Å². The molecule has 0 saturated carbocycles. The van der Waals surface area contributed by atoms with E-state index in [1.165, 1.54) is 12.8 Å². The Morgan fingerprint density at radius 1 is 1.54 bits per heavy atom. The number of hydrogen-bond donors (Lipinski definition) is 1. The van der Waals surface area contributed by atoms with Gasteiger partial charge in [-0.2, -0.15) is 5.10 Å². The van der Waals surface area contributed by atoms with E-state index >= 15 is 0 Å². The van der Waals surface area contributed by atoms with Crippen molar-refractivity contribution in [2.24, 2.45) is 13.0 Å². The van der Waals surface area contributed by atoms with Crippen LogP contribution in [0.3, 0.4) is 0 Å². The van der Waals surface area contributed by atoms with E-state index in [0.717, 1.165) is 18.3 Å². The van der Waals surface area contributed by atoms with Crippen LogP contribution in [0.1, 0.15) is 12.8 Å². The normalized spacial score (nSPS) is 16.7. The quantitative estimate of drug-likeness (QED) is 0.713. The predicted octanol–water partition coefficient (Wildman–Crippen LogP) is 1.80. The summed E-state index contributed by atoms with van der Waals surface area (Å²) in [6, 6.07) is 2.00. The lowest BCUT2D eigenvalue weighted by Crippen LogP contribution is -2.11. The Morgan fingerprint density at radius 2 is 2.31 bits per heavy atom. The number of nitrogens with one attached hydrogen (secondary N) is 1. The van der Waals surface area contributed by atoms with Crippen LogP contribution < -0.4 is 5.32 Å². The maximum Gasteiger partial charge on any atom is 0.147 e. The van der Waals surface area contributed by atoms with Gasteiger partial charge in [-0.3, -0.25) is 4.68 Å². The molecule has 0 saturated heterocycles. The van der Waals surface area contributed by atoms with Crippen molar-refractivity contribution in [3.63, 3.8) is 0 Å². The Balaban J connectivity index is 1.79. The van der Waals surface area contributed by atoms with Crippen molar-refractivity contribution in [1.29, 1.82) is 0 Å². The van der Waals surface area contributed by atoms with E-state index in [9.17, 15) is 0 Å². The summed E-state index contributed by atoms with van der Waals surface area (Å²) in [5.41, 5.74) is 0. The van der Waals surface area contributed by atoms with Crippen molar-refractivity contribution < 1.29 is 0 Å². The van der Waals surface area contributed by atoms with Gasteiger partial charge in [0.15, 0.2) is 0 Å². The molecule has 1 aromatic heterocycles.